The molecule has 0 fully saturated rings. The van der Waals surface area contributed by atoms with Crippen molar-refractivity contribution in [2.24, 2.45) is 0 Å². The average Bonchev–Trinajstić information content (AvgIpc) is 2.79. The summed E-state index contributed by atoms with van der Waals surface area (Å²) in [6.07, 6.45) is 4.09. The van der Waals surface area contributed by atoms with E-state index in [4.69, 9.17) is 0 Å². The van der Waals surface area contributed by atoms with E-state index in [1.165, 1.54) is 36.7 Å². The van der Waals surface area contributed by atoms with Gasteiger partial charge >= 0.3 is 0 Å². The second-order valence-electron chi connectivity index (χ2n) is 7.94. The third-order valence-corrected chi connectivity index (χ3v) is 7.82. The number of nitrogens with zero attached hydrogens (tertiary/aromatic N) is 3. The van der Waals surface area contributed by atoms with E-state index in [9.17, 15) is 21.6 Å². The number of carbonyl (C=O) groups excluding carboxylic acids is 1. The summed E-state index contributed by atoms with van der Waals surface area (Å²) in [7, 11) is -7.71. The molecule has 35 heavy (non-hydrogen) atoms. The maximum atomic E-state index is 13.1. The van der Waals surface area contributed by atoms with Gasteiger partial charge in [0.2, 0.25) is 21.9 Å². The molecule has 0 spiro atoms. The largest absolute Gasteiger partial charge is 0.324 e. The maximum Gasteiger partial charge on any atom is 0.264 e. The summed E-state index contributed by atoms with van der Waals surface area (Å²) in [4.78, 5) is 20.7. The molecular weight excluding hydrogens is 490 g/mol. The van der Waals surface area contributed by atoms with Gasteiger partial charge in [0.15, 0.2) is 0 Å². The monoisotopic (exact) mass is 517 g/mol. The van der Waals surface area contributed by atoms with E-state index in [-0.39, 0.29) is 17.3 Å². The molecule has 12 heteroatoms. The molecule has 1 atom stereocenters. The van der Waals surface area contributed by atoms with Crippen molar-refractivity contribution < 1.29 is 21.6 Å². The molecule has 1 aromatic heterocycles. The first-order chi connectivity index (χ1) is 16.4. The summed E-state index contributed by atoms with van der Waals surface area (Å²) in [6.45, 7) is 5.51. The maximum absolute atomic E-state index is 13.1. The number of hydrogen-bond acceptors (Lipinski definition) is 7. The Balaban J connectivity index is 1.82. The highest BCUT2D eigenvalue weighted by Gasteiger charge is 2.31. The fraction of sp³-hybridized carbons (Fsp3) is 0.261. The minimum absolute atomic E-state index is 0.0529. The van der Waals surface area contributed by atoms with Crippen molar-refractivity contribution in [1.82, 2.24) is 9.97 Å². The number of carbonyl (C=O) groups is 1. The van der Waals surface area contributed by atoms with Crippen LogP contribution in [-0.4, -0.2) is 45.0 Å². The predicted octanol–water partition coefficient (Wildman–Crippen LogP) is 3.08. The first-order valence-corrected chi connectivity index (χ1v) is 14.0. The molecule has 0 saturated carbocycles. The quantitative estimate of drug-likeness (QED) is 0.445. The zero-order chi connectivity index (χ0) is 25.8. The van der Waals surface area contributed by atoms with Crippen LogP contribution >= 0.6 is 0 Å². The molecule has 0 saturated heterocycles. The molecule has 0 aliphatic rings. The lowest BCUT2D eigenvalue weighted by Gasteiger charge is -2.30. The van der Waals surface area contributed by atoms with Gasteiger partial charge in [0, 0.05) is 18.1 Å². The van der Waals surface area contributed by atoms with Crippen LogP contribution in [0, 0.1) is 13.8 Å². The third-order valence-electron chi connectivity index (χ3n) is 5.30. The van der Waals surface area contributed by atoms with Gasteiger partial charge < -0.3 is 5.32 Å². The van der Waals surface area contributed by atoms with Gasteiger partial charge in [-0.25, -0.2) is 31.5 Å². The Kier molecular flexibility index (Phi) is 7.76. The summed E-state index contributed by atoms with van der Waals surface area (Å²) in [5.41, 5.74) is 2.62. The second-order valence-corrected chi connectivity index (χ2v) is 11.5. The van der Waals surface area contributed by atoms with E-state index in [1.54, 1.807) is 31.2 Å². The molecule has 3 rings (SSSR count). The number of anilines is 3. The molecule has 3 aromatic rings. The molecule has 1 amide bonds. The highest BCUT2D eigenvalue weighted by Crippen LogP contribution is 2.26. The molecule has 0 aliphatic carbocycles. The Morgan fingerprint density at radius 2 is 1.60 bits per heavy atom. The summed E-state index contributed by atoms with van der Waals surface area (Å²) < 4.78 is 53.8. The van der Waals surface area contributed by atoms with Gasteiger partial charge in [0.25, 0.3) is 10.0 Å². The van der Waals surface area contributed by atoms with Gasteiger partial charge in [-0.3, -0.25) is 9.10 Å². The van der Waals surface area contributed by atoms with Crippen molar-refractivity contribution in [1.29, 1.82) is 0 Å². The zero-order valence-electron chi connectivity index (χ0n) is 19.8. The van der Waals surface area contributed by atoms with Gasteiger partial charge in [-0.15, -0.1) is 0 Å². The van der Waals surface area contributed by atoms with Crippen LogP contribution in [0.3, 0.4) is 0 Å². The molecule has 2 N–H and O–H groups in total. The lowest BCUT2D eigenvalue weighted by molar-refractivity contribution is -0.117. The minimum Gasteiger partial charge on any atom is -0.324 e. The van der Waals surface area contributed by atoms with Crippen LogP contribution in [0.4, 0.5) is 17.3 Å². The lowest BCUT2D eigenvalue weighted by atomic mass is 10.1. The second kappa shape index (κ2) is 10.4. The Hall–Kier alpha value is -3.51. The van der Waals surface area contributed by atoms with Gasteiger partial charge in [0.05, 0.1) is 16.8 Å². The van der Waals surface area contributed by atoms with E-state index < -0.39 is 32.0 Å². The first kappa shape index (κ1) is 26.1. The standard InChI is InChI=1S/C23H27N5O5S2/c1-5-21(28(34(4,30)31)19-10-7-16(2)17(3)15-19)22(29)26-18-8-11-20(12-9-18)35(32,33)27-23-24-13-6-14-25-23/h6-15,21H,5H2,1-4H3,(H,26,29)(H,24,25,27)/t21-/m0/s1. The van der Waals surface area contributed by atoms with Crippen LogP contribution < -0.4 is 14.3 Å². The molecule has 0 unspecified atom stereocenters. The molecule has 0 bridgehead atoms. The topological polar surface area (TPSA) is 138 Å². The predicted molar refractivity (Wildman–Crippen MR) is 135 cm³/mol. The molecule has 1 heterocycles. The van der Waals surface area contributed by atoms with Crippen molar-refractivity contribution in [2.45, 2.75) is 38.1 Å². The normalized spacial score (nSPS) is 12.6. The highest BCUT2D eigenvalue weighted by atomic mass is 32.2. The molecule has 186 valence electrons. The van der Waals surface area contributed by atoms with E-state index in [0.29, 0.717) is 11.4 Å². The fourth-order valence-electron chi connectivity index (χ4n) is 3.40. The fourth-order valence-corrected chi connectivity index (χ4v) is 5.56. The number of hydrogen-bond donors (Lipinski definition) is 2. The first-order valence-electron chi connectivity index (χ1n) is 10.7. The van der Waals surface area contributed by atoms with E-state index >= 15 is 0 Å². The summed E-state index contributed by atoms with van der Waals surface area (Å²) in [5.74, 6) is -0.606. The average molecular weight is 518 g/mol. The van der Waals surface area contributed by atoms with Crippen LogP contribution in [0.25, 0.3) is 0 Å². The number of benzene rings is 2. The number of amides is 1. The zero-order valence-corrected chi connectivity index (χ0v) is 21.4. The summed E-state index contributed by atoms with van der Waals surface area (Å²) in [5, 5.41) is 2.68. The van der Waals surface area contributed by atoms with Crippen LogP contribution in [0.5, 0.6) is 0 Å². The van der Waals surface area contributed by atoms with E-state index in [0.717, 1.165) is 21.7 Å². The van der Waals surface area contributed by atoms with Crippen molar-refractivity contribution in [2.75, 3.05) is 20.6 Å². The van der Waals surface area contributed by atoms with Crippen molar-refractivity contribution in [3.63, 3.8) is 0 Å². The Labute approximate surface area is 205 Å². The number of aryl methyl sites for hydroxylation is 2. The van der Waals surface area contributed by atoms with Gasteiger partial charge in [-0.2, -0.15) is 0 Å². The van der Waals surface area contributed by atoms with Crippen molar-refractivity contribution in [3.8, 4) is 0 Å². The van der Waals surface area contributed by atoms with Crippen LogP contribution in [0.2, 0.25) is 0 Å². The number of rotatable bonds is 9. The van der Waals surface area contributed by atoms with Gasteiger partial charge in [-0.05, 0) is 73.9 Å². The molecular formula is C23H27N5O5S2. The van der Waals surface area contributed by atoms with Crippen LogP contribution in [0.15, 0.2) is 65.8 Å². The molecule has 2 aromatic carbocycles. The van der Waals surface area contributed by atoms with Crippen LogP contribution in [-0.2, 0) is 24.8 Å². The molecule has 0 radical (unpaired) electrons. The van der Waals surface area contributed by atoms with Crippen molar-refractivity contribution >= 4 is 43.3 Å². The van der Waals surface area contributed by atoms with Crippen molar-refractivity contribution in [3.05, 3.63) is 72.1 Å². The molecule has 10 nitrogen and oxygen atoms in total. The molecule has 0 aliphatic heterocycles. The SMILES string of the molecule is CC[C@@H](C(=O)Nc1ccc(S(=O)(=O)Nc2ncccn2)cc1)N(c1ccc(C)c(C)c1)S(C)(=O)=O. The van der Waals surface area contributed by atoms with E-state index in [2.05, 4.69) is 20.0 Å². The summed E-state index contributed by atoms with van der Waals surface area (Å²) in [6, 6.07) is 11.2. The highest BCUT2D eigenvalue weighted by molar-refractivity contribution is 7.92. The van der Waals surface area contributed by atoms with E-state index in [1.807, 2.05) is 13.8 Å². The van der Waals surface area contributed by atoms with Gasteiger partial charge in [-0.1, -0.05) is 13.0 Å². The van der Waals surface area contributed by atoms with Crippen LogP contribution in [0.1, 0.15) is 24.5 Å². The lowest BCUT2D eigenvalue weighted by Crippen LogP contribution is -2.47. The number of sulfonamides is 2. The number of nitrogens with one attached hydrogen (secondary N) is 2. The summed E-state index contributed by atoms with van der Waals surface area (Å²) >= 11 is 0. The smallest absolute Gasteiger partial charge is 0.264 e. The Bertz CT molecular complexity index is 1410. The Morgan fingerprint density at radius 1 is 0.971 bits per heavy atom. The Morgan fingerprint density at radius 3 is 2.14 bits per heavy atom. The third kappa shape index (κ3) is 6.34. The van der Waals surface area contributed by atoms with Gasteiger partial charge in [0.1, 0.15) is 6.04 Å². The minimum atomic E-state index is -3.93. The number of aromatic nitrogens is 2.